The van der Waals surface area contributed by atoms with E-state index in [2.05, 4.69) is 27.2 Å². The summed E-state index contributed by atoms with van der Waals surface area (Å²) in [4.78, 5) is 25.5. The summed E-state index contributed by atoms with van der Waals surface area (Å²) in [7, 11) is 2.07. The molecule has 2 aliphatic heterocycles. The van der Waals surface area contributed by atoms with Gasteiger partial charge >= 0.3 is 0 Å². The fraction of sp³-hybridized carbons (Fsp3) is 0.688. The van der Waals surface area contributed by atoms with Crippen LogP contribution in [0.4, 0.5) is 5.95 Å². The average Bonchev–Trinajstić information content (AvgIpc) is 3.06. The second-order valence-electron chi connectivity index (χ2n) is 6.33. The molecule has 0 saturated carbocycles. The van der Waals surface area contributed by atoms with Gasteiger partial charge in [0.15, 0.2) is 0 Å². The highest BCUT2D eigenvalue weighted by Crippen LogP contribution is 2.14. The molecule has 7 heteroatoms. The number of nitrogens with one attached hydrogen (secondary N) is 1. The summed E-state index contributed by atoms with van der Waals surface area (Å²) in [6.45, 7) is 6.70. The number of carbonyl (C=O) groups is 1. The maximum atomic E-state index is 12.6. The predicted octanol–water partition coefficient (Wildman–Crippen LogP) is 0.764. The molecule has 2 aliphatic rings. The van der Waals surface area contributed by atoms with Crippen molar-refractivity contribution in [3.05, 3.63) is 17.5 Å². The number of piperazine rings is 1. The van der Waals surface area contributed by atoms with Crippen LogP contribution in [-0.4, -0.2) is 78.2 Å². The molecule has 2 fully saturated rings. The van der Waals surface area contributed by atoms with Crippen molar-refractivity contribution in [3.63, 3.8) is 0 Å². The van der Waals surface area contributed by atoms with Crippen LogP contribution in [0.15, 0.2) is 6.07 Å². The molecule has 0 aliphatic carbocycles. The lowest BCUT2D eigenvalue weighted by Crippen LogP contribution is -2.47. The number of hydrogen-bond acceptors (Lipinski definition) is 6. The Morgan fingerprint density at radius 3 is 2.83 bits per heavy atom. The summed E-state index contributed by atoms with van der Waals surface area (Å²) in [5.74, 6) is 0.502. The van der Waals surface area contributed by atoms with Crippen LogP contribution in [0.5, 0.6) is 0 Å². The van der Waals surface area contributed by atoms with Gasteiger partial charge in [0.1, 0.15) is 5.69 Å². The summed E-state index contributed by atoms with van der Waals surface area (Å²) in [5.41, 5.74) is 1.27. The first kappa shape index (κ1) is 16.1. The van der Waals surface area contributed by atoms with Crippen molar-refractivity contribution in [2.75, 3.05) is 51.7 Å². The van der Waals surface area contributed by atoms with E-state index in [0.29, 0.717) is 18.2 Å². The summed E-state index contributed by atoms with van der Waals surface area (Å²) in [5, 5.41) is 3.21. The monoisotopic (exact) mass is 319 g/mol. The van der Waals surface area contributed by atoms with Gasteiger partial charge in [0.05, 0.1) is 6.10 Å². The molecule has 1 aromatic rings. The number of ether oxygens (including phenoxy) is 1. The van der Waals surface area contributed by atoms with Gasteiger partial charge in [-0.2, -0.15) is 0 Å². The molecule has 7 nitrogen and oxygen atoms in total. The number of anilines is 1. The maximum Gasteiger partial charge on any atom is 0.272 e. The minimum atomic E-state index is -0.0104. The molecular formula is C16H25N5O2. The van der Waals surface area contributed by atoms with Crippen LogP contribution >= 0.6 is 0 Å². The quantitative estimate of drug-likeness (QED) is 0.884. The Hall–Kier alpha value is -1.73. The lowest BCUT2D eigenvalue weighted by molar-refractivity contribution is 0.0658. The Morgan fingerprint density at radius 2 is 2.13 bits per heavy atom. The average molecular weight is 319 g/mol. The highest BCUT2D eigenvalue weighted by Gasteiger charge is 2.22. The third kappa shape index (κ3) is 4.17. The van der Waals surface area contributed by atoms with Crippen molar-refractivity contribution in [1.82, 2.24) is 19.8 Å². The van der Waals surface area contributed by atoms with Crippen LogP contribution in [0.25, 0.3) is 0 Å². The van der Waals surface area contributed by atoms with E-state index in [1.165, 1.54) is 0 Å². The van der Waals surface area contributed by atoms with Gasteiger partial charge in [0.25, 0.3) is 5.91 Å². The van der Waals surface area contributed by atoms with E-state index in [-0.39, 0.29) is 12.0 Å². The first-order valence-electron chi connectivity index (χ1n) is 8.31. The van der Waals surface area contributed by atoms with Crippen molar-refractivity contribution in [2.24, 2.45) is 0 Å². The second kappa shape index (κ2) is 7.23. The summed E-state index contributed by atoms with van der Waals surface area (Å²) < 4.78 is 5.59. The lowest BCUT2D eigenvalue weighted by atomic mass is 10.2. The molecular weight excluding hydrogens is 294 g/mol. The van der Waals surface area contributed by atoms with Crippen LogP contribution < -0.4 is 5.32 Å². The Kier molecular flexibility index (Phi) is 5.07. The van der Waals surface area contributed by atoms with E-state index in [1.807, 2.05) is 11.8 Å². The normalized spacial score (nSPS) is 22.3. The number of rotatable bonds is 4. The SMILES string of the molecule is Cc1cc(C(=O)N2CCN(C)CC2)nc(NCC2CCCO2)n1. The molecule has 3 rings (SSSR count). The van der Waals surface area contributed by atoms with Crippen molar-refractivity contribution in [1.29, 1.82) is 0 Å². The lowest BCUT2D eigenvalue weighted by Gasteiger charge is -2.32. The van der Waals surface area contributed by atoms with Gasteiger partial charge in [0.2, 0.25) is 5.95 Å². The number of likely N-dealkylation sites (N-methyl/N-ethyl adjacent to an activating group) is 1. The highest BCUT2D eigenvalue weighted by molar-refractivity contribution is 5.92. The molecule has 0 bridgehead atoms. The molecule has 0 spiro atoms. The van der Waals surface area contributed by atoms with Gasteiger partial charge in [-0.15, -0.1) is 0 Å². The summed E-state index contributed by atoms with van der Waals surface area (Å²) >= 11 is 0. The van der Waals surface area contributed by atoms with Crippen molar-refractivity contribution in [3.8, 4) is 0 Å². The maximum absolute atomic E-state index is 12.6. The first-order chi connectivity index (χ1) is 11.1. The molecule has 23 heavy (non-hydrogen) atoms. The van der Waals surface area contributed by atoms with E-state index >= 15 is 0 Å². The molecule has 1 amide bonds. The Labute approximate surface area is 137 Å². The number of amides is 1. The Bertz CT molecular complexity index is 551. The number of aryl methyl sites for hydroxylation is 1. The van der Waals surface area contributed by atoms with Gasteiger partial charge in [-0.1, -0.05) is 0 Å². The topological polar surface area (TPSA) is 70.6 Å². The van der Waals surface area contributed by atoms with Crippen molar-refractivity contribution < 1.29 is 9.53 Å². The fourth-order valence-corrected chi connectivity index (χ4v) is 2.94. The molecule has 1 N–H and O–H groups in total. The summed E-state index contributed by atoms with van der Waals surface area (Å²) in [6, 6.07) is 1.76. The van der Waals surface area contributed by atoms with Crippen LogP contribution in [0.1, 0.15) is 29.0 Å². The van der Waals surface area contributed by atoms with Crippen molar-refractivity contribution >= 4 is 11.9 Å². The zero-order valence-electron chi connectivity index (χ0n) is 13.9. The van der Waals surface area contributed by atoms with Gasteiger partial charge in [0, 0.05) is 45.0 Å². The molecule has 1 atom stereocenters. The summed E-state index contributed by atoms with van der Waals surface area (Å²) in [6.07, 6.45) is 2.39. The van der Waals surface area contributed by atoms with Gasteiger partial charge < -0.3 is 19.9 Å². The largest absolute Gasteiger partial charge is 0.376 e. The number of nitrogens with zero attached hydrogens (tertiary/aromatic N) is 4. The van der Waals surface area contributed by atoms with Crippen LogP contribution in [-0.2, 0) is 4.74 Å². The van der Waals surface area contributed by atoms with E-state index in [1.54, 1.807) is 6.07 Å². The van der Waals surface area contributed by atoms with E-state index in [0.717, 1.165) is 51.3 Å². The van der Waals surface area contributed by atoms with Crippen LogP contribution in [0, 0.1) is 6.92 Å². The Balaban J connectivity index is 1.65. The standard InChI is InChI=1S/C16H25N5O2/c1-12-10-14(15(22)21-7-5-20(2)6-8-21)19-16(18-12)17-11-13-4-3-9-23-13/h10,13H,3-9,11H2,1-2H3,(H,17,18,19). The first-order valence-corrected chi connectivity index (χ1v) is 8.31. The third-order valence-electron chi connectivity index (χ3n) is 4.38. The molecule has 1 aromatic heterocycles. The Morgan fingerprint density at radius 1 is 1.35 bits per heavy atom. The van der Waals surface area contributed by atoms with Gasteiger partial charge in [-0.25, -0.2) is 9.97 Å². The van der Waals surface area contributed by atoms with E-state index < -0.39 is 0 Å². The molecule has 126 valence electrons. The van der Waals surface area contributed by atoms with Gasteiger partial charge in [-0.05, 0) is 32.9 Å². The smallest absolute Gasteiger partial charge is 0.272 e. The van der Waals surface area contributed by atoms with E-state index in [4.69, 9.17) is 4.74 Å². The molecule has 0 radical (unpaired) electrons. The van der Waals surface area contributed by atoms with Crippen LogP contribution in [0.2, 0.25) is 0 Å². The van der Waals surface area contributed by atoms with Gasteiger partial charge in [-0.3, -0.25) is 4.79 Å². The number of carbonyl (C=O) groups excluding carboxylic acids is 1. The fourth-order valence-electron chi connectivity index (χ4n) is 2.94. The molecule has 3 heterocycles. The van der Waals surface area contributed by atoms with Crippen molar-refractivity contribution in [2.45, 2.75) is 25.9 Å². The zero-order valence-corrected chi connectivity index (χ0v) is 13.9. The minimum absolute atomic E-state index is 0.0104. The second-order valence-corrected chi connectivity index (χ2v) is 6.33. The predicted molar refractivity (Wildman–Crippen MR) is 87.6 cm³/mol. The van der Waals surface area contributed by atoms with E-state index in [9.17, 15) is 4.79 Å². The minimum Gasteiger partial charge on any atom is -0.376 e. The number of hydrogen-bond donors (Lipinski definition) is 1. The molecule has 2 saturated heterocycles. The zero-order chi connectivity index (χ0) is 16.2. The molecule has 0 aromatic carbocycles. The number of aromatic nitrogens is 2. The third-order valence-corrected chi connectivity index (χ3v) is 4.38. The highest BCUT2D eigenvalue weighted by atomic mass is 16.5. The molecule has 1 unspecified atom stereocenters. The van der Waals surface area contributed by atoms with Crippen LogP contribution in [0.3, 0.4) is 0 Å².